The molecule has 1 saturated heterocycles. The molecule has 0 aromatic heterocycles. The number of hydrogen-bond donors (Lipinski definition) is 0. The lowest BCUT2D eigenvalue weighted by Gasteiger charge is -2.36. The third-order valence-corrected chi connectivity index (χ3v) is 4.58. The molecule has 2 aromatic rings. The lowest BCUT2D eigenvalue weighted by molar-refractivity contribution is -0.129. The molecule has 4 nitrogen and oxygen atoms in total. The summed E-state index contributed by atoms with van der Waals surface area (Å²) in [7, 11) is 0. The minimum Gasteiger partial charge on any atom is -0.368 e. The molecule has 1 aliphatic heterocycles. The van der Waals surface area contributed by atoms with Crippen LogP contribution in [0.1, 0.15) is 28.4 Å². The van der Waals surface area contributed by atoms with Gasteiger partial charge in [0.25, 0.3) is 0 Å². The Morgan fingerprint density at radius 1 is 1.04 bits per heavy atom. The van der Waals surface area contributed by atoms with Crippen molar-refractivity contribution >= 4 is 17.9 Å². The molecule has 1 heterocycles. The summed E-state index contributed by atoms with van der Waals surface area (Å²) in [6, 6.07) is 16.2. The molecule has 1 amide bonds. The highest BCUT2D eigenvalue weighted by Crippen LogP contribution is 2.22. The molecule has 2 aromatic carbocycles. The van der Waals surface area contributed by atoms with E-state index in [2.05, 4.69) is 23.1 Å². The van der Waals surface area contributed by atoms with E-state index in [0.29, 0.717) is 0 Å². The largest absolute Gasteiger partial charge is 0.368 e. The van der Waals surface area contributed by atoms with Crippen LogP contribution in [0.15, 0.2) is 48.5 Å². The molecule has 0 aliphatic carbocycles. The average Bonchev–Trinajstić information content (AvgIpc) is 2.62. The molecule has 0 unspecified atom stereocenters. The molecule has 24 heavy (non-hydrogen) atoms. The second-order valence-corrected chi connectivity index (χ2v) is 6.16. The Balaban J connectivity index is 1.79. The summed E-state index contributed by atoms with van der Waals surface area (Å²) >= 11 is 0. The van der Waals surface area contributed by atoms with Crippen molar-refractivity contribution < 1.29 is 9.59 Å². The van der Waals surface area contributed by atoms with Gasteiger partial charge in [-0.25, -0.2) is 0 Å². The number of amides is 1. The average molecular weight is 322 g/mol. The quantitative estimate of drug-likeness (QED) is 0.813. The highest BCUT2D eigenvalue weighted by atomic mass is 16.2. The van der Waals surface area contributed by atoms with E-state index in [0.717, 1.165) is 55.7 Å². The van der Waals surface area contributed by atoms with Crippen LogP contribution in [0.2, 0.25) is 0 Å². The van der Waals surface area contributed by atoms with Crippen molar-refractivity contribution in [3.8, 4) is 0 Å². The standard InChI is InChI=1S/C20H22N2O2/c1-16(24)21-9-11-22(12-10-21)20-8-7-18(15-23)19(14-20)13-17-5-3-2-4-6-17/h2-8,14-15H,9-13H2,1H3. The second-order valence-electron chi connectivity index (χ2n) is 6.16. The number of carbonyl (C=O) groups is 2. The number of benzene rings is 2. The van der Waals surface area contributed by atoms with Crippen LogP contribution in [-0.2, 0) is 11.2 Å². The molecule has 1 aliphatic rings. The lowest BCUT2D eigenvalue weighted by atomic mass is 9.99. The van der Waals surface area contributed by atoms with Gasteiger partial charge in [-0.15, -0.1) is 0 Å². The first kappa shape index (κ1) is 16.2. The maximum absolute atomic E-state index is 11.5. The summed E-state index contributed by atoms with van der Waals surface area (Å²) in [5.74, 6) is 0.135. The first-order valence-corrected chi connectivity index (χ1v) is 8.30. The van der Waals surface area contributed by atoms with Gasteiger partial charge in [0, 0.05) is 44.4 Å². The summed E-state index contributed by atoms with van der Waals surface area (Å²) in [4.78, 5) is 27.0. The topological polar surface area (TPSA) is 40.6 Å². The molecule has 0 spiro atoms. The monoisotopic (exact) mass is 322 g/mol. The molecule has 0 N–H and O–H groups in total. The number of aldehydes is 1. The van der Waals surface area contributed by atoms with Crippen LogP contribution in [0, 0.1) is 0 Å². The van der Waals surface area contributed by atoms with Gasteiger partial charge in [0.05, 0.1) is 0 Å². The van der Waals surface area contributed by atoms with Crippen molar-refractivity contribution in [3.05, 3.63) is 65.2 Å². The Labute approximate surface area is 142 Å². The zero-order chi connectivity index (χ0) is 16.9. The van der Waals surface area contributed by atoms with Crippen LogP contribution < -0.4 is 4.90 Å². The molecule has 0 atom stereocenters. The fourth-order valence-corrected chi connectivity index (χ4v) is 3.15. The zero-order valence-corrected chi connectivity index (χ0v) is 13.9. The van der Waals surface area contributed by atoms with Crippen LogP contribution in [0.25, 0.3) is 0 Å². The van der Waals surface area contributed by atoms with Gasteiger partial charge in [-0.05, 0) is 35.7 Å². The predicted octanol–water partition coefficient (Wildman–Crippen LogP) is 2.76. The van der Waals surface area contributed by atoms with Gasteiger partial charge in [-0.2, -0.15) is 0 Å². The summed E-state index contributed by atoms with van der Waals surface area (Å²) in [6.07, 6.45) is 1.67. The van der Waals surface area contributed by atoms with Crippen LogP contribution in [0.4, 0.5) is 5.69 Å². The van der Waals surface area contributed by atoms with Gasteiger partial charge in [-0.1, -0.05) is 30.3 Å². The highest BCUT2D eigenvalue weighted by molar-refractivity contribution is 5.79. The predicted molar refractivity (Wildman–Crippen MR) is 95.5 cm³/mol. The summed E-state index contributed by atoms with van der Waals surface area (Å²) in [5.41, 5.74) is 4.10. The van der Waals surface area contributed by atoms with Crippen molar-refractivity contribution in [2.45, 2.75) is 13.3 Å². The van der Waals surface area contributed by atoms with Gasteiger partial charge in [0.15, 0.2) is 0 Å². The van der Waals surface area contributed by atoms with Crippen LogP contribution in [0.5, 0.6) is 0 Å². The van der Waals surface area contributed by atoms with Crippen LogP contribution >= 0.6 is 0 Å². The van der Waals surface area contributed by atoms with E-state index < -0.39 is 0 Å². The maximum Gasteiger partial charge on any atom is 0.219 e. The first-order valence-electron chi connectivity index (χ1n) is 8.30. The molecular formula is C20H22N2O2. The lowest BCUT2D eigenvalue weighted by Crippen LogP contribution is -2.48. The third kappa shape index (κ3) is 3.65. The van der Waals surface area contributed by atoms with Gasteiger partial charge in [0.1, 0.15) is 6.29 Å². The zero-order valence-electron chi connectivity index (χ0n) is 13.9. The number of piperazine rings is 1. The van der Waals surface area contributed by atoms with E-state index in [1.165, 1.54) is 5.56 Å². The molecular weight excluding hydrogens is 300 g/mol. The smallest absolute Gasteiger partial charge is 0.219 e. The van der Waals surface area contributed by atoms with E-state index in [1.807, 2.05) is 35.2 Å². The molecule has 0 radical (unpaired) electrons. The second kappa shape index (κ2) is 7.30. The first-order chi connectivity index (χ1) is 11.7. The molecule has 4 heteroatoms. The Morgan fingerprint density at radius 3 is 2.38 bits per heavy atom. The number of carbonyl (C=O) groups excluding carboxylic acids is 2. The van der Waals surface area contributed by atoms with Gasteiger partial charge < -0.3 is 9.80 Å². The number of rotatable bonds is 4. The third-order valence-electron chi connectivity index (χ3n) is 4.58. The molecule has 1 fully saturated rings. The van der Waals surface area contributed by atoms with Crippen LogP contribution in [0.3, 0.4) is 0 Å². The molecule has 0 bridgehead atoms. The van der Waals surface area contributed by atoms with E-state index >= 15 is 0 Å². The number of anilines is 1. The Hall–Kier alpha value is -2.62. The summed E-state index contributed by atoms with van der Waals surface area (Å²) < 4.78 is 0. The molecule has 0 saturated carbocycles. The van der Waals surface area contributed by atoms with E-state index in [1.54, 1.807) is 6.92 Å². The minimum atomic E-state index is 0.135. The van der Waals surface area contributed by atoms with Crippen molar-refractivity contribution in [3.63, 3.8) is 0 Å². The SMILES string of the molecule is CC(=O)N1CCN(c2ccc(C=O)c(Cc3ccccc3)c2)CC1. The van der Waals surface area contributed by atoms with Crippen LogP contribution in [-0.4, -0.2) is 43.3 Å². The van der Waals surface area contributed by atoms with Gasteiger partial charge in [0.2, 0.25) is 5.91 Å². The minimum absolute atomic E-state index is 0.135. The summed E-state index contributed by atoms with van der Waals surface area (Å²) in [6.45, 7) is 4.76. The highest BCUT2D eigenvalue weighted by Gasteiger charge is 2.19. The Bertz CT molecular complexity index is 720. The van der Waals surface area contributed by atoms with Crippen molar-refractivity contribution in [2.75, 3.05) is 31.1 Å². The molecule has 124 valence electrons. The maximum atomic E-state index is 11.5. The normalized spacial score (nSPS) is 14.5. The van der Waals surface area contributed by atoms with Gasteiger partial charge >= 0.3 is 0 Å². The van der Waals surface area contributed by atoms with E-state index in [-0.39, 0.29) is 5.91 Å². The van der Waals surface area contributed by atoms with E-state index in [4.69, 9.17) is 0 Å². The van der Waals surface area contributed by atoms with Crippen molar-refractivity contribution in [2.24, 2.45) is 0 Å². The van der Waals surface area contributed by atoms with Gasteiger partial charge in [-0.3, -0.25) is 9.59 Å². The molecule has 3 rings (SSSR count). The number of nitrogens with zero attached hydrogens (tertiary/aromatic N) is 2. The van der Waals surface area contributed by atoms with Crippen molar-refractivity contribution in [1.82, 2.24) is 4.90 Å². The summed E-state index contributed by atoms with van der Waals surface area (Å²) in [5, 5.41) is 0. The fraction of sp³-hybridized carbons (Fsp3) is 0.300. The number of hydrogen-bond acceptors (Lipinski definition) is 3. The van der Waals surface area contributed by atoms with E-state index in [9.17, 15) is 9.59 Å². The Morgan fingerprint density at radius 2 is 1.75 bits per heavy atom. The Kier molecular flexibility index (Phi) is 4.94. The fourth-order valence-electron chi connectivity index (χ4n) is 3.15. The van der Waals surface area contributed by atoms with Crippen molar-refractivity contribution in [1.29, 1.82) is 0 Å².